The molecule has 1 saturated heterocycles. The molecule has 1 amide bonds. The maximum atomic E-state index is 13.0. The van der Waals surface area contributed by atoms with Crippen LogP contribution in [0.2, 0.25) is 0 Å². The molecular weight excluding hydrogens is 390 g/mol. The number of nitrogens with one attached hydrogen (secondary N) is 1. The van der Waals surface area contributed by atoms with Gasteiger partial charge in [-0.25, -0.2) is 4.98 Å². The summed E-state index contributed by atoms with van der Waals surface area (Å²) in [6.45, 7) is 5.86. The molecule has 31 heavy (non-hydrogen) atoms. The average Bonchev–Trinajstić information content (AvgIpc) is 3.25. The van der Waals surface area contributed by atoms with Crippen LogP contribution in [0.5, 0.6) is 11.6 Å². The second kappa shape index (κ2) is 9.75. The van der Waals surface area contributed by atoms with E-state index in [0.717, 1.165) is 43.7 Å². The predicted molar refractivity (Wildman–Crippen MR) is 120 cm³/mol. The van der Waals surface area contributed by atoms with Gasteiger partial charge in [-0.3, -0.25) is 14.4 Å². The van der Waals surface area contributed by atoms with Crippen molar-refractivity contribution < 1.29 is 9.53 Å². The lowest BCUT2D eigenvalue weighted by atomic mass is 10.0. The molecule has 4 rings (SSSR count). The Morgan fingerprint density at radius 1 is 1.16 bits per heavy atom. The molecule has 1 aromatic carbocycles. The Hall–Kier alpha value is -3.19. The first-order valence-corrected chi connectivity index (χ1v) is 10.9. The van der Waals surface area contributed by atoms with Gasteiger partial charge in [-0.1, -0.05) is 24.6 Å². The molecule has 0 spiro atoms. The van der Waals surface area contributed by atoms with E-state index in [0.29, 0.717) is 17.6 Å². The van der Waals surface area contributed by atoms with Gasteiger partial charge in [-0.2, -0.15) is 5.10 Å². The molecule has 162 valence electrons. The third-order valence-electron chi connectivity index (χ3n) is 5.46. The van der Waals surface area contributed by atoms with Crippen LogP contribution in [0.25, 0.3) is 0 Å². The lowest BCUT2D eigenvalue weighted by Crippen LogP contribution is -2.46. The van der Waals surface area contributed by atoms with Gasteiger partial charge in [0.15, 0.2) is 0 Å². The van der Waals surface area contributed by atoms with Crippen LogP contribution in [-0.4, -0.2) is 38.2 Å². The summed E-state index contributed by atoms with van der Waals surface area (Å²) < 4.78 is 7.67. The van der Waals surface area contributed by atoms with Gasteiger partial charge < -0.3 is 10.1 Å². The van der Waals surface area contributed by atoms with Gasteiger partial charge in [0.2, 0.25) is 11.8 Å². The molecule has 0 aliphatic carbocycles. The summed E-state index contributed by atoms with van der Waals surface area (Å²) in [6.07, 6.45) is 8.63. The molecule has 1 aliphatic rings. The van der Waals surface area contributed by atoms with Crippen molar-refractivity contribution in [2.24, 2.45) is 0 Å². The van der Waals surface area contributed by atoms with Gasteiger partial charge in [0, 0.05) is 30.4 Å². The van der Waals surface area contributed by atoms with Crippen LogP contribution in [-0.2, 0) is 11.3 Å². The average molecular weight is 420 g/mol. The molecule has 2 aromatic heterocycles. The number of aromatic nitrogens is 3. The quantitative estimate of drug-likeness (QED) is 0.604. The fraction of sp³-hybridized carbons (Fsp3) is 0.375. The Morgan fingerprint density at radius 3 is 2.71 bits per heavy atom. The third-order valence-corrected chi connectivity index (χ3v) is 5.46. The van der Waals surface area contributed by atoms with Crippen molar-refractivity contribution in [2.45, 2.75) is 51.7 Å². The minimum atomic E-state index is -0.156. The van der Waals surface area contributed by atoms with Crippen molar-refractivity contribution in [2.75, 3.05) is 11.9 Å². The fourth-order valence-corrected chi connectivity index (χ4v) is 3.80. The highest BCUT2D eigenvalue weighted by atomic mass is 16.5. The first kappa shape index (κ1) is 21.1. The van der Waals surface area contributed by atoms with Crippen LogP contribution in [0.15, 0.2) is 61.1 Å². The van der Waals surface area contributed by atoms with Crippen molar-refractivity contribution >= 4 is 11.6 Å². The number of rotatable bonds is 7. The van der Waals surface area contributed by atoms with Crippen molar-refractivity contribution in [3.8, 4) is 11.6 Å². The minimum Gasteiger partial charge on any atom is -0.439 e. The van der Waals surface area contributed by atoms with E-state index in [1.54, 1.807) is 12.3 Å². The van der Waals surface area contributed by atoms with Crippen LogP contribution >= 0.6 is 0 Å². The first-order valence-electron chi connectivity index (χ1n) is 10.9. The summed E-state index contributed by atoms with van der Waals surface area (Å²) in [5.74, 6) is 1.23. The van der Waals surface area contributed by atoms with E-state index in [2.05, 4.69) is 40.3 Å². The first-order chi connectivity index (χ1) is 15.1. The van der Waals surface area contributed by atoms with Gasteiger partial charge in [-0.15, -0.1) is 0 Å². The highest BCUT2D eigenvalue weighted by molar-refractivity contribution is 5.94. The largest absolute Gasteiger partial charge is 0.439 e. The molecule has 3 heterocycles. The smallest absolute Gasteiger partial charge is 0.241 e. The monoisotopic (exact) mass is 419 g/mol. The molecule has 0 unspecified atom stereocenters. The fourth-order valence-electron chi connectivity index (χ4n) is 3.80. The molecule has 0 saturated carbocycles. The van der Waals surface area contributed by atoms with E-state index in [1.165, 1.54) is 0 Å². The number of anilines is 1. The second-order valence-corrected chi connectivity index (χ2v) is 8.19. The molecule has 1 atom stereocenters. The van der Waals surface area contributed by atoms with Crippen LogP contribution in [0.3, 0.4) is 0 Å². The van der Waals surface area contributed by atoms with Gasteiger partial charge in [0.1, 0.15) is 5.75 Å². The lowest BCUT2D eigenvalue weighted by molar-refractivity contribution is -0.122. The van der Waals surface area contributed by atoms with Crippen LogP contribution in [0.4, 0.5) is 5.69 Å². The number of piperidine rings is 1. The lowest BCUT2D eigenvalue weighted by Gasteiger charge is -2.34. The topological polar surface area (TPSA) is 72.3 Å². The molecule has 7 heteroatoms. The standard InChI is InChI=1S/C24H29N5O2/c1-18(2)29-17-19(14-26-29)16-28-13-7-6-10-22(28)24(30)27-20-11-12-23(25-15-20)31-21-8-4-3-5-9-21/h3-5,8-9,11-12,14-15,17-18,22H,6-7,10,13,16H2,1-2H3,(H,27,30)/t22-/m0/s1. The summed E-state index contributed by atoms with van der Waals surface area (Å²) in [4.78, 5) is 19.6. The summed E-state index contributed by atoms with van der Waals surface area (Å²) in [5, 5.41) is 7.45. The Balaban J connectivity index is 1.37. The van der Waals surface area contributed by atoms with E-state index in [9.17, 15) is 4.79 Å². The third kappa shape index (κ3) is 5.49. The van der Waals surface area contributed by atoms with Gasteiger partial charge >= 0.3 is 0 Å². The number of para-hydroxylation sites is 1. The number of pyridine rings is 1. The van der Waals surface area contributed by atoms with Gasteiger partial charge in [-0.05, 0) is 51.4 Å². The number of hydrogen-bond donors (Lipinski definition) is 1. The van der Waals surface area contributed by atoms with E-state index in [1.807, 2.05) is 47.3 Å². The SMILES string of the molecule is CC(C)n1cc(CN2CCCC[C@H]2C(=O)Nc2ccc(Oc3ccccc3)nc2)cn1. The number of ether oxygens (including phenoxy) is 1. The van der Waals surface area contributed by atoms with E-state index in [-0.39, 0.29) is 11.9 Å². The molecule has 0 bridgehead atoms. The van der Waals surface area contributed by atoms with Crippen LogP contribution in [0.1, 0.15) is 44.7 Å². The highest BCUT2D eigenvalue weighted by Crippen LogP contribution is 2.23. The molecular formula is C24H29N5O2. The Labute approximate surface area is 183 Å². The molecule has 0 radical (unpaired) electrons. The van der Waals surface area contributed by atoms with Crippen molar-refractivity contribution in [3.63, 3.8) is 0 Å². The highest BCUT2D eigenvalue weighted by Gasteiger charge is 2.29. The normalized spacial score (nSPS) is 16.9. The number of likely N-dealkylation sites (tertiary alicyclic amines) is 1. The van der Waals surface area contributed by atoms with E-state index >= 15 is 0 Å². The number of benzene rings is 1. The molecule has 7 nitrogen and oxygen atoms in total. The van der Waals surface area contributed by atoms with Crippen LogP contribution in [0, 0.1) is 0 Å². The zero-order chi connectivity index (χ0) is 21.6. The van der Waals surface area contributed by atoms with Gasteiger partial charge in [0.05, 0.1) is 24.1 Å². The number of hydrogen-bond acceptors (Lipinski definition) is 5. The van der Waals surface area contributed by atoms with E-state index in [4.69, 9.17) is 4.74 Å². The number of nitrogens with zero attached hydrogens (tertiary/aromatic N) is 4. The maximum Gasteiger partial charge on any atom is 0.241 e. The zero-order valence-electron chi connectivity index (χ0n) is 18.1. The second-order valence-electron chi connectivity index (χ2n) is 8.19. The Morgan fingerprint density at radius 2 is 2.00 bits per heavy atom. The predicted octanol–water partition coefficient (Wildman–Crippen LogP) is 4.64. The zero-order valence-corrected chi connectivity index (χ0v) is 18.1. The Bertz CT molecular complexity index is 985. The summed E-state index contributed by atoms with van der Waals surface area (Å²) in [6, 6.07) is 13.3. The number of carbonyl (C=O) groups is 1. The summed E-state index contributed by atoms with van der Waals surface area (Å²) >= 11 is 0. The Kier molecular flexibility index (Phi) is 6.62. The van der Waals surface area contributed by atoms with Crippen molar-refractivity contribution in [1.82, 2.24) is 19.7 Å². The number of carbonyl (C=O) groups excluding carboxylic acids is 1. The summed E-state index contributed by atoms with van der Waals surface area (Å²) in [5.41, 5.74) is 1.81. The van der Waals surface area contributed by atoms with Gasteiger partial charge in [0.25, 0.3) is 0 Å². The molecule has 1 N–H and O–H groups in total. The summed E-state index contributed by atoms with van der Waals surface area (Å²) in [7, 11) is 0. The van der Waals surface area contributed by atoms with Crippen molar-refractivity contribution in [3.05, 3.63) is 66.6 Å². The number of amides is 1. The van der Waals surface area contributed by atoms with Crippen molar-refractivity contribution in [1.29, 1.82) is 0 Å². The molecule has 1 aliphatic heterocycles. The molecule has 3 aromatic rings. The molecule has 1 fully saturated rings. The minimum absolute atomic E-state index is 0.00878. The van der Waals surface area contributed by atoms with Crippen LogP contribution < -0.4 is 10.1 Å². The maximum absolute atomic E-state index is 13.0. The van der Waals surface area contributed by atoms with E-state index < -0.39 is 0 Å².